The molecule has 1 saturated heterocycles. The molecule has 39 heavy (non-hydrogen) atoms. The Bertz CT molecular complexity index is 1390. The molecule has 0 saturated carbocycles. The van der Waals surface area contributed by atoms with Crippen molar-refractivity contribution < 1.29 is 9.53 Å². The molecule has 0 radical (unpaired) electrons. The van der Waals surface area contributed by atoms with Crippen LogP contribution in [0, 0.1) is 0 Å². The number of hydrogen-bond acceptors (Lipinski definition) is 3. The van der Waals surface area contributed by atoms with Gasteiger partial charge in [0.1, 0.15) is 11.4 Å². The van der Waals surface area contributed by atoms with Crippen molar-refractivity contribution in [1.82, 2.24) is 14.8 Å². The third-order valence-electron chi connectivity index (χ3n) is 7.77. The number of aromatic nitrogens is 1. The highest BCUT2D eigenvalue weighted by molar-refractivity contribution is 6.00. The number of ether oxygens (including phenoxy) is 1. The Morgan fingerprint density at radius 1 is 0.897 bits per heavy atom. The summed E-state index contributed by atoms with van der Waals surface area (Å²) in [6, 6.07) is 27.6. The number of carbonyl (C=O) groups excluding carboxylic acids is 1. The van der Waals surface area contributed by atoms with Gasteiger partial charge < -0.3 is 14.6 Å². The Labute approximate surface area is 232 Å². The zero-order valence-corrected chi connectivity index (χ0v) is 23.7. The quantitative estimate of drug-likeness (QED) is 0.277. The van der Waals surface area contributed by atoms with Crippen molar-refractivity contribution in [2.24, 2.45) is 0 Å². The van der Waals surface area contributed by atoms with E-state index in [2.05, 4.69) is 96.2 Å². The molecule has 5 rings (SSSR count). The highest BCUT2D eigenvalue weighted by Gasteiger charge is 2.24. The van der Waals surface area contributed by atoms with Crippen molar-refractivity contribution in [2.45, 2.75) is 65.1 Å². The van der Waals surface area contributed by atoms with Crippen LogP contribution in [0.4, 0.5) is 0 Å². The summed E-state index contributed by atoms with van der Waals surface area (Å²) in [5.41, 5.74) is 5.62. The zero-order chi connectivity index (χ0) is 27.4. The number of benzene rings is 3. The van der Waals surface area contributed by atoms with Crippen LogP contribution in [0.1, 0.15) is 67.7 Å². The fourth-order valence-electron chi connectivity index (χ4n) is 5.53. The van der Waals surface area contributed by atoms with Crippen LogP contribution in [0.5, 0.6) is 5.75 Å². The molecule has 204 valence electrons. The summed E-state index contributed by atoms with van der Waals surface area (Å²) in [5.74, 6) is 0.807. The summed E-state index contributed by atoms with van der Waals surface area (Å²) in [6.07, 6.45) is 1.91. The van der Waals surface area contributed by atoms with Gasteiger partial charge in [0.05, 0.1) is 12.1 Å². The molecule has 5 nitrogen and oxygen atoms in total. The van der Waals surface area contributed by atoms with Crippen molar-refractivity contribution in [2.75, 3.05) is 19.7 Å². The van der Waals surface area contributed by atoms with Gasteiger partial charge in [0.2, 0.25) is 0 Å². The lowest BCUT2D eigenvalue weighted by atomic mass is 9.87. The molecule has 3 aromatic carbocycles. The van der Waals surface area contributed by atoms with Crippen LogP contribution in [-0.4, -0.2) is 41.1 Å². The average Bonchev–Trinajstić information content (AvgIpc) is 3.30. The third kappa shape index (κ3) is 6.36. The van der Waals surface area contributed by atoms with Crippen molar-refractivity contribution in [1.29, 1.82) is 0 Å². The lowest BCUT2D eigenvalue weighted by Crippen LogP contribution is -2.44. The molecule has 4 aromatic rings. The van der Waals surface area contributed by atoms with E-state index in [9.17, 15) is 4.79 Å². The largest absolute Gasteiger partial charge is 0.493 e. The Kier molecular flexibility index (Phi) is 8.08. The van der Waals surface area contributed by atoms with Gasteiger partial charge in [-0.1, -0.05) is 81.4 Å². The van der Waals surface area contributed by atoms with E-state index in [0.717, 1.165) is 49.1 Å². The van der Waals surface area contributed by atoms with E-state index in [1.807, 2.05) is 25.1 Å². The van der Waals surface area contributed by atoms with E-state index in [4.69, 9.17) is 4.74 Å². The number of carbonyl (C=O) groups is 1. The van der Waals surface area contributed by atoms with Crippen molar-refractivity contribution >= 4 is 16.8 Å². The minimum absolute atomic E-state index is 0.0125. The van der Waals surface area contributed by atoms with Gasteiger partial charge >= 0.3 is 0 Å². The number of rotatable bonds is 8. The third-order valence-corrected chi connectivity index (χ3v) is 7.77. The molecule has 1 N–H and O–H groups in total. The van der Waals surface area contributed by atoms with Crippen molar-refractivity contribution in [3.05, 3.63) is 101 Å². The summed E-state index contributed by atoms with van der Waals surface area (Å²) in [4.78, 5) is 16.2. The van der Waals surface area contributed by atoms with Crippen LogP contribution in [0.15, 0.2) is 78.9 Å². The molecule has 0 unspecified atom stereocenters. The second-order valence-corrected chi connectivity index (χ2v) is 11.7. The summed E-state index contributed by atoms with van der Waals surface area (Å²) >= 11 is 0. The first-order chi connectivity index (χ1) is 18.8. The summed E-state index contributed by atoms with van der Waals surface area (Å²) in [6.45, 7) is 12.8. The second-order valence-electron chi connectivity index (χ2n) is 11.7. The topological polar surface area (TPSA) is 46.5 Å². The Balaban J connectivity index is 1.35. The average molecular weight is 524 g/mol. The summed E-state index contributed by atoms with van der Waals surface area (Å²) in [7, 11) is 0. The molecule has 0 bridgehead atoms. The maximum absolute atomic E-state index is 13.7. The number of amides is 1. The maximum Gasteiger partial charge on any atom is 0.268 e. The van der Waals surface area contributed by atoms with Crippen LogP contribution in [0.2, 0.25) is 0 Å². The minimum atomic E-state index is -0.0125. The lowest BCUT2D eigenvalue weighted by molar-refractivity contribution is 0.0900. The minimum Gasteiger partial charge on any atom is -0.493 e. The smallest absolute Gasteiger partial charge is 0.268 e. The van der Waals surface area contributed by atoms with E-state index < -0.39 is 0 Å². The molecular formula is C34H41N3O2. The van der Waals surface area contributed by atoms with E-state index in [0.29, 0.717) is 18.8 Å². The van der Waals surface area contributed by atoms with Gasteiger partial charge in [-0.3, -0.25) is 9.69 Å². The molecule has 1 aromatic heterocycles. The Morgan fingerprint density at radius 3 is 2.26 bits per heavy atom. The number of likely N-dealkylation sites (tertiary alicyclic amines) is 1. The molecule has 0 spiro atoms. The predicted octanol–water partition coefficient (Wildman–Crippen LogP) is 6.78. The number of nitrogens with one attached hydrogen (secondary N) is 1. The first kappa shape index (κ1) is 27.0. The molecule has 1 aliphatic rings. The molecule has 1 amide bonds. The standard InChI is InChI=1S/C34H41N3O2/c1-5-39-32-13-9-12-30-29(32)22-31(37(30)24-26-14-16-27(17-15-26)34(2,3)4)33(38)35-28-18-20-36(21-19-28)23-25-10-7-6-8-11-25/h6-17,22,28H,5,18-21,23-24H2,1-4H3,(H,35,38). The van der Waals surface area contributed by atoms with Crippen LogP contribution >= 0.6 is 0 Å². The fraction of sp³-hybridized carbons (Fsp3) is 0.382. The van der Waals surface area contributed by atoms with Crippen LogP contribution in [0.25, 0.3) is 10.9 Å². The van der Waals surface area contributed by atoms with Gasteiger partial charge in [-0.25, -0.2) is 0 Å². The first-order valence-corrected chi connectivity index (χ1v) is 14.2. The SMILES string of the molecule is CCOc1cccc2c1cc(C(=O)NC1CCN(Cc3ccccc3)CC1)n2Cc1ccc(C(C)(C)C)cc1. The van der Waals surface area contributed by atoms with Gasteiger partial charge in [0, 0.05) is 37.6 Å². The van der Waals surface area contributed by atoms with Crippen LogP contribution in [0.3, 0.4) is 0 Å². The number of fused-ring (bicyclic) bond motifs is 1. The second kappa shape index (κ2) is 11.7. The van der Waals surface area contributed by atoms with E-state index in [-0.39, 0.29) is 17.4 Å². The molecule has 5 heteroatoms. The Morgan fingerprint density at radius 2 is 1.59 bits per heavy atom. The van der Waals surface area contributed by atoms with E-state index in [1.165, 1.54) is 16.7 Å². The Hall–Kier alpha value is -3.57. The van der Waals surface area contributed by atoms with E-state index in [1.54, 1.807) is 0 Å². The predicted molar refractivity (Wildman–Crippen MR) is 160 cm³/mol. The monoisotopic (exact) mass is 523 g/mol. The summed E-state index contributed by atoms with van der Waals surface area (Å²) in [5, 5.41) is 4.34. The van der Waals surface area contributed by atoms with Gasteiger partial charge in [-0.2, -0.15) is 0 Å². The highest BCUT2D eigenvalue weighted by atomic mass is 16.5. The molecule has 0 aliphatic carbocycles. The van der Waals surface area contributed by atoms with Gasteiger partial charge in [-0.15, -0.1) is 0 Å². The van der Waals surface area contributed by atoms with Gasteiger partial charge in [0.15, 0.2) is 0 Å². The van der Waals surface area contributed by atoms with Crippen molar-refractivity contribution in [3.8, 4) is 5.75 Å². The molecular weight excluding hydrogens is 482 g/mol. The number of nitrogens with zero attached hydrogens (tertiary/aromatic N) is 2. The molecule has 1 aliphatic heterocycles. The maximum atomic E-state index is 13.7. The summed E-state index contributed by atoms with van der Waals surface area (Å²) < 4.78 is 8.07. The van der Waals surface area contributed by atoms with Gasteiger partial charge in [-0.05, 0) is 60.1 Å². The number of hydrogen-bond donors (Lipinski definition) is 1. The number of piperidine rings is 1. The fourth-order valence-corrected chi connectivity index (χ4v) is 5.53. The molecule has 1 fully saturated rings. The first-order valence-electron chi connectivity index (χ1n) is 14.2. The van der Waals surface area contributed by atoms with Crippen LogP contribution in [-0.2, 0) is 18.5 Å². The van der Waals surface area contributed by atoms with E-state index >= 15 is 0 Å². The molecule has 0 atom stereocenters. The highest BCUT2D eigenvalue weighted by Crippen LogP contribution is 2.31. The zero-order valence-electron chi connectivity index (χ0n) is 23.7. The van der Waals surface area contributed by atoms with Crippen molar-refractivity contribution in [3.63, 3.8) is 0 Å². The van der Waals surface area contributed by atoms with Crippen LogP contribution < -0.4 is 10.1 Å². The normalized spacial score (nSPS) is 15.0. The van der Waals surface area contributed by atoms with Gasteiger partial charge in [0.25, 0.3) is 5.91 Å². The molecule has 2 heterocycles. The lowest BCUT2D eigenvalue weighted by Gasteiger charge is -2.32.